The van der Waals surface area contributed by atoms with Crippen LogP contribution < -0.4 is 10.0 Å². The zero-order chi connectivity index (χ0) is 17.7. The number of pyridine rings is 2. The first-order chi connectivity index (χ1) is 12.0. The van der Waals surface area contributed by atoms with E-state index in [9.17, 15) is 13.2 Å². The minimum atomic E-state index is -3.74. The summed E-state index contributed by atoms with van der Waals surface area (Å²) >= 11 is 0. The van der Waals surface area contributed by atoms with Gasteiger partial charge in [-0.1, -0.05) is 6.07 Å². The van der Waals surface area contributed by atoms with Crippen molar-refractivity contribution in [3.8, 4) is 0 Å². The molecule has 3 rings (SSSR count). The van der Waals surface area contributed by atoms with Gasteiger partial charge in [-0.05, 0) is 48.5 Å². The first-order valence-electron chi connectivity index (χ1n) is 7.30. The van der Waals surface area contributed by atoms with Crippen LogP contribution in [0.25, 0.3) is 0 Å². The minimum absolute atomic E-state index is 0.0695. The molecular formula is C17H14N4O3S. The van der Waals surface area contributed by atoms with E-state index >= 15 is 0 Å². The molecule has 0 bridgehead atoms. The third-order valence-corrected chi connectivity index (χ3v) is 4.64. The first kappa shape index (κ1) is 16.6. The Labute approximate surface area is 144 Å². The number of sulfonamides is 1. The van der Waals surface area contributed by atoms with E-state index in [1.54, 1.807) is 30.3 Å². The zero-order valence-electron chi connectivity index (χ0n) is 13.0. The number of nitrogens with zero attached hydrogens (tertiary/aromatic N) is 2. The number of hydrogen-bond donors (Lipinski definition) is 2. The summed E-state index contributed by atoms with van der Waals surface area (Å²) < 4.78 is 27.0. The Morgan fingerprint density at radius 3 is 2.24 bits per heavy atom. The van der Waals surface area contributed by atoms with Crippen molar-refractivity contribution in [1.82, 2.24) is 9.97 Å². The van der Waals surface area contributed by atoms with Crippen molar-refractivity contribution in [2.24, 2.45) is 0 Å². The van der Waals surface area contributed by atoms with Crippen LogP contribution in [0.3, 0.4) is 0 Å². The second kappa shape index (κ2) is 7.10. The third-order valence-electron chi connectivity index (χ3n) is 3.27. The molecule has 0 saturated heterocycles. The Morgan fingerprint density at radius 1 is 0.880 bits per heavy atom. The quantitative estimate of drug-likeness (QED) is 0.733. The van der Waals surface area contributed by atoms with E-state index in [2.05, 4.69) is 20.0 Å². The van der Waals surface area contributed by atoms with Crippen LogP contribution in [0.4, 0.5) is 11.5 Å². The largest absolute Gasteiger partial charge is 0.322 e. The Hall–Kier alpha value is -3.26. The van der Waals surface area contributed by atoms with E-state index < -0.39 is 10.0 Å². The lowest BCUT2D eigenvalue weighted by molar-refractivity contribution is 0.102. The molecule has 0 saturated carbocycles. The minimum Gasteiger partial charge on any atom is -0.322 e. The highest BCUT2D eigenvalue weighted by atomic mass is 32.2. The van der Waals surface area contributed by atoms with E-state index in [4.69, 9.17) is 0 Å². The van der Waals surface area contributed by atoms with Gasteiger partial charge < -0.3 is 5.32 Å². The average molecular weight is 354 g/mol. The maximum atomic E-state index is 12.3. The number of aromatic nitrogens is 2. The Kier molecular flexibility index (Phi) is 4.71. The SMILES string of the molecule is O=C(Nc1ccc(S(=O)(=O)Nc2ccccn2)cc1)c1ccncc1. The zero-order valence-corrected chi connectivity index (χ0v) is 13.8. The van der Waals surface area contributed by atoms with Crippen molar-refractivity contribution in [1.29, 1.82) is 0 Å². The van der Waals surface area contributed by atoms with Gasteiger partial charge in [0.15, 0.2) is 0 Å². The molecule has 2 heterocycles. The molecule has 2 N–H and O–H groups in total. The fourth-order valence-electron chi connectivity index (χ4n) is 2.04. The number of rotatable bonds is 5. The summed E-state index contributed by atoms with van der Waals surface area (Å²) in [7, 11) is -3.74. The van der Waals surface area contributed by atoms with E-state index in [-0.39, 0.29) is 16.6 Å². The average Bonchev–Trinajstić information content (AvgIpc) is 2.63. The van der Waals surface area contributed by atoms with E-state index in [1.807, 2.05) is 0 Å². The molecule has 0 spiro atoms. The van der Waals surface area contributed by atoms with Crippen LogP contribution in [0.5, 0.6) is 0 Å². The fourth-order valence-corrected chi connectivity index (χ4v) is 3.05. The standard InChI is InChI=1S/C17H14N4O3S/c22-17(13-8-11-18-12-9-13)20-14-4-6-15(7-5-14)25(23,24)21-16-3-1-2-10-19-16/h1-12H,(H,19,21)(H,20,22). The molecule has 0 aliphatic rings. The predicted octanol–water partition coefficient (Wildman–Crippen LogP) is 2.53. The molecule has 8 heteroatoms. The van der Waals surface area contributed by atoms with Gasteiger partial charge in [0.1, 0.15) is 5.82 Å². The number of hydrogen-bond acceptors (Lipinski definition) is 5. The maximum absolute atomic E-state index is 12.3. The van der Waals surface area contributed by atoms with Crippen molar-refractivity contribution < 1.29 is 13.2 Å². The number of anilines is 2. The van der Waals surface area contributed by atoms with Gasteiger partial charge in [-0.3, -0.25) is 14.5 Å². The summed E-state index contributed by atoms with van der Waals surface area (Å²) in [5.74, 6) is -0.0674. The molecule has 25 heavy (non-hydrogen) atoms. The summed E-state index contributed by atoms with van der Waals surface area (Å²) in [5, 5.41) is 2.69. The van der Waals surface area contributed by atoms with Gasteiger partial charge in [0.2, 0.25) is 0 Å². The number of nitrogens with one attached hydrogen (secondary N) is 2. The van der Waals surface area contributed by atoms with Gasteiger partial charge >= 0.3 is 0 Å². The number of carbonyl (C=O) groups excluding carboxylic acids is 1. The molecular weight excluding hydrogens is 340 g/mol. The summed E-state index contributed by atoms with van der Waals surface area (Å²) in [6, 6.07) is 14.0. The number of carbonyl (C=O) groups is 1. The normalized spacial score (nSPS) is 10.9. The molecule has 126 valence electrons. The molecule has 1 amide bonds. The van der Waals surface area contributed by atoms with Crippen LogP contribution in [-0.4, -0.2) is 24.3 Å². The molecule has 2 aromatic heterocycles. The van der Waals surface area contributed by atoms with Crippen molar-refractivity contribution in [2.75, 3.05) is 10.0 Å². The highest BCUT2D eigenvalue weighted by molar-refractivity contribution is 7.92. The van der Waals surface area contributed by atoms with Crippen molar-refractivity contribution in [2.45, 2.75) is 4.90 Å². The molecule has 0 unspecified atom stereocenters. The lowest BCUT2D eigenvalue weighted by atomic mass is 10.2. The van der Waals surface area contributed by atoms with Crippen LogP contribution in [0.1, 0.15) is 10.4 Å². The molecule has 3 aromatic rings. The second-order valence-corrected chi connectivity index (χ2v) is 6.72. The van der Waals surface area contributed by atoms with Gasteiger partial charge in [0.25, 0.3) is 15.9 Å². The van der Waals surface area contributed by atoms with Gasteiger partial charge in [0.05, 0.1) is 4.90 Å². The van der Waals surface area contributed by atoms with Crippen molar-refractivity contribution >= 4 is 27.4 Å². The maximum Gasteiger partial charge on any atom is 0.263 e. The van der Waals surface area contributed by atoms with Crippen LogP contribution in [0, 0.1) is 0 Å². The Morgan fingerprint density at radius 2 is 1.60 bits per heavy atom. The molecule has 0 fully saturated rings. The molecule has 0 radical (unpaired) electrons. The Bertz CT molecular complexity index is 960. The van der Waals surface area contributed by atoms with Crippen LogP contribution in [-0.2, 0) is 10.0 Å². The summed E-state index contributed by atoms with van der Waals surface area (Å²) in [5.41, 5.74) is 0.946. The predicted molar refractivity (Wildman–Crippen MR) is 93.7 cm³/mol. The van der Waals surface area contributed by atoms with E-state index in [0.29, 0.717) is 11.3 Å². The van der Waals surface area contributed by atoms with Crippen molar-refractivity contribution in [3.05, 3.63) is 78.8 Å². The highest BCUT2D eigenvalue weighted by Gasteiger charge is 2.15. The van der Waals surface area contributed by atoms with Gasteiger partial charge in [0, 0.05) is 29.8 Å². The molecule has 0 atom stereocenters. The molecule has 7 nitrogen and oxygen atoms in total. The fraction of sp³-hybridized carbons (Fsp3) is 0. The monoisotopic (exact) mass is 354 g/mol. The lowest BCUT2D eigenvalue weighted by Gasteiger charge is -2.09. The summed E-state index contributed by atoms with van der Waals surface area (Å²) in [4.78, 5) is 19.9. The van der Waals surface area contributed by atoms with Gasteiger partial charge in [-0.2, -0.15) is 0 Å². The van der Waals surface area contributed by atoms with Crippen molar-refractivity contribution in [3.63, 3.8) is 0 Å². The molecule has 0 aliphatic carbocycles. The van der Waals surface area contributed by atoms with Crippen LogP contribution in [0.2, 0.25) is 0 Å². The van der Waals surface area contributed by atoms with Gasteiger partial charge in [-0.15, -0.1) is 0 Å². The smallest absolute Gasteiger partial charge is 0.263 e. The van der Waals surface area contributed by atoms with Gasteiger partial charge in [-0.25, -0.2) is 13.4 Å². The molecule has 1 aromatic carbocycles. The highest BCUT2D eigenvalue weighted by Crippen LogP contribution is 2.17. The summed E-state index contributed by atoms with van der Waals surface area (Å²) in [6.07, 6.45) is 4.54. The van der Waals surface area contributed by atoms with E-state index in [0.717, 1.165) is 0 Å². The Balaban J connectivity index is 1.72. The summed E-state index contributed by atoms with van der Waals surface area (Å²) in [6.45, 7) is 0. The number of benzene rings is 1. The topological polar surface area (TPSA) is 101 Å². The third kappa shape index (κ3) is 4.18. The molecule has 0 aliphatic heterocycles. The lowest BCUT2D eigenvalue weighted by Crippen LogP contribution is -2.14. The number of amides is 1. The second-order valence-electron chi connectivity index (χ2n) is 5.03. The van der Waals surface area contributed by atoms with Crippen LogP contribution >= 0.6 is 0 Å². The van der Waals surface area contributed by atoms with Crippen LogP contribution in [0.15, 0.2) is 78.1 Å². The van der Waals surface area contributed by atoms with E-state index in [1.165, 1.54) is 42.9 Å². The first-order valence-corrected chi connectivity index (χ1v) is 8.78.